The van der Waals surface area contributed by atoms with Crippen molar-refractivity contribution < 1.29 is 59.2 Å². The third-order valence-corrected chi connectivity index (χ3v) is 1.47. The Morgan fingerprint density at radius 2 is 2.12 bits per heavy atom. The Labute approximate surface area is 121 Å². The van der Waals surface area contributed by atoms with Crippen LogP contribution in [0, 0.1) is 0 Å². The van der Waals surface area contributed by atoms with Crippen molar-refractivity contribution in [3.63, 3.8) is 0 Å². The van der Waals surface area contributed by atoms with E-state index < -0.39 is 31.2 Å². The Hall–Kier alpha value is -0.600. The predicted octanol–water partition coefficient (Wildman–Crippen LogP) is -5.87. The second-order valence-corrected chi connectivity index (χ2v) is 3.02. The van der Waals surface area contributed by atoms with Crippen molar-refractivity contribution in [1.29, 1.82) is 0 Å². The van der Waals surface area contributed by atoms with E-state index in [9.17, 15) is 14.7 Å². The quantitative estimate of drug-likeness (QED) is 0.235. The van der Waals surface area contributed by atoms with Crippen LogP contribution in [0.5, 0.6) is 0 Å². The van der Waals surface area contributed by atoms with Gasteiger partial charge in [-0.05, 0) is 6.92 Å². The van der Waals surface area contributed by atoms with E-state index in [1.54, 1.807) is 0 Å². The van der Waals surface area contributed by atoms with Gasteiger partial charge in [-0.2, -0.15) is 0 Å². The largest absolute Gasteiger partial charge is 1.00 e. The zero-order chi connectivity index (χ0) is 12.6. The summed E-state index contributed by atoms with van der Waals surface area (Å²) in [6, 6.07) is 0. The van der Waals surface area contributed by atoms with Gasteiger partial charge >= 0.3 is 35.5 Å². The molecule has 0 aromatic heterocycles. The number of aliphatic hydroxyl groups is 2. The zero-order valence-corrected chi connectivity index (χ0v) is 11.8. The average molecular weight is 255 g/mol. The first kappa shape index (κ1) is 18.8. The molecule has 0 bridgehead atoms. The standard InChI is InChI=1S/C9H15NO6.Na/c1-6(10-3-8(13)14)2-9(15)16-5-7(12)4-11;/h2,7,10-12H,3-5H2,1H3,(H,13,14);/q;+1/p-1. The molecule has 0 saturated heterocycles. The number of aliphatic hydroxyl groups excluding tert-OH is 2. The van der Waals surface area contributed by atoms with Gasteiger partial charge in [0, 0.05) is 11.8 Å². The van der Waals surface area contributed by atoms with Crippen LogP contribution in [-0.2, 0) is 14.3 Å². The third kappa shape index (κ3) is 11.7. The van der Waals surface area contributed by atoms with E-state index in [1.807, 2.05) is 0 Å². The topological polar surface area (TPSA) is 119 Å². The van der Waals surface area contributed by atoms with Crippen LogP contribution in [0.15, 0.2) is 11.8 Å². The molecular formula is C9H14NNaO6. The fourth-order valence-electron chi connectivity index (χ4n) is 0.712. The van der Waals surface area contributed by atoms with Crippen molar-refractivity contribution in [3.05, 3.63) is 11.8 Å². The van der Waals surface area contributed by atoms with Crippen LogP contribution in [0.3, 0.4) is 0 Å². The van der Waals surface area contributed by atoms with Gasteiger partial charge in [0.2, 0.25) is 0 Å². The third-order valence-electron chi connectivity index (χ3n) is 1.47. The van der Waals surface area contributed by atoms with Gasteiger partial charge in [0.05, 0.1) is 19.1 Å². The molecule has 0 fully saturated rings. The van der Waals surface area contributed by atoms with Crippen molar-refractivity contribution in [2.75, 3.05) is 19.8 Å². The summed E-state index contributed by atoms with van der Waals surface area (Å²) in [5, 5.41) is 29.8. The minimum Gasteiger partial charge on any atom is -0.548 e. The Bertz CT molecular complexity index is 281. The summed E-state index contributed by atoms with van der Waals surface area (Å²) < 4.78 is 4.54. The van der Waals surface area contributed by atoms with E-state index in [2.05, 4.69) is 10.1 Å². The van der Waals surface area contributed by atoms with Gasteiger partial charge in [0.25, 0.3) is 0 Å². The van der Waals surface area contributed by atoms with Crippen molar-refractivity contribution >= 4 is 11.9 Å². The smallest absolute Gasteiger partial charge is 0.548 e. The van der Waals surface area contributed by atoms with Crippen LogP contribution < -0.4 is 40.0 Å². The molecule has 17 heavy (non-hydrogen) atoms. The number of hydrogen-bond donors (Lipinski definition) is 3. The summed E-state index contributed by atoms with van der Waals surface area (Å²) in [4.78, 5) is 21.1. The maximum absolute atomic E-state index is 11.0. The molecule has 8 heteroatoms. The number of allylic oxidation sites excluding steroid dienone is 1. The van der Waals surface area contributed by atoms with Gasteiger partial charge in [-0.1, -0.05) is 0 Å². The molecule has 3 N–H and O–H groups in total. The molecule has 0 heterocycles. The number of carboxylic acids is 1. The summed E-state index contributed by atoms with van der Waals surface area (Å²) in [7, 11) is 0. The Morgan fingerprint density at radius 1 is 1.53 bits per heavy atom. The van der Waals surface area contributed by atoms with Crippen LogP contribution in [0.4, 0.5) is 0 Å². The summed E-state index contributed by atoms with van der Waals surface area (Å²) in [6.45, 7) is 0.250. The molecule has 0 aliphatic rings. The number of rotatable bonds is 7. The zero-order valence-electron chi connectivity index (χ0n) is 9.80. The predicted molar refractivity (Wildman–Crippen MR) is 50.8 cm³/mol. The average Bonchev–Trinajstić information content (AvgIpc) is 2.23. The van der Waals surface area contributed by atoms with E-state index in [0.717, 1.165) is 6.08 Å². The van der Waals surface area contributed by atoms with E-state index >= 15 is 0 Å². The number of ether oxygens (including phenoxy) is 1. The molecule has 0 amide bonds. The number of hydrogen-bond acceptors (Lipinski definition) is 7. The van der Waals surface area contributed by atoms with Crippen LogP contribution in [-0.4, -0.2) is 48.0 Å². The van der Waals surface area contributed by atoms with Gasteiger partial charge in [-0.15, -0.1) is 0 Å². The first-order chi connectivity index (χ1) is 7.45. The van der Waals surface area contributed by atoms with E-state index in [-0.39, 0.29) is 36.2 Å². The van der Waals surface area contributed by atoms with Crippen molar-refractivity contribution in [2.24, 2.45) is 0 Å². The molecule has 0 aliphatic carbocycles. The fraction of sp³-hybridized carbons (Fsp3) is 0.556. The van der Waals surface area contributed by atoms with Crippen molar-refractivity contribution in [1.82, 2.24) is 5.32 Å². The molecule has 0 aliphatic heterocycles. The van der Waals surface area contributed by atoms with Crippen LogP contribution in [0.25, 0.3) is 0 Å². The number of nitrogens with one attached hydrogen (secondary N) is 1. The second kappa shape index (κ2) is 10.5. The minimum absolute atomic E-state index is 0. The Balaban J connectivity index is 0. The van der Waals surface area contributed by atoms with Crippen molar-refractivity contribution in [2.45, 2.75) is 13.0 Å². The fourth-order valence-corrected chi connectivity index (χ4v) is 0.712. The van der Waals surface area contributed by atoms with Crippen LogP contribution in [0.2, 0.25) is 0 Å². The van der Waals surface area contributed by atoms with Crippen molar-refractivity contribution in [3.8, 4) is 0 Å². The van der Waals surface area contributed by atoms with Gasteiger partial charge in [0.1, 0.15) is 12.7 Å². The first-order valence-electron chi connectivity index (χ1n) is 4.53. The minimum atomic E-state index is -1.29. The summed E-state index contributed by atoms with van der Waals surface area (Å²) in [5.41, 5.74) is 0.299. The molecule has 92 valence electrons. The molecule has 0 aromatic rings. The maximum Gasteiger partial charge on any atom is 1.00 e. The molecule has 0 spiro atoms. The SMILES string of the molecule is CC(=CC(=O)OCC(O)CO)NCC(=O)[O-].[Na+]. The van der Waals surface area contributed by atoms with E-state index in [1.165, 1.54) is 6.92 Å². The molecule has 1 atom stereocenters. The first-order valence-corrected chi connectivity index (χ1v) is 4.53. The number of carboxylic acid groups (broad SMARTS) is 1. The van der Waals surface area contributed by atoms with Gasteiger partial charge in [-0.3, -0.25) is 0 Å². The number of aliphatic carboxylic acids is 1. The normalized spacial score (nSPS) is 12.3. The number of carbonyl (C=O) groups excluding carboxylic acids is 2. The molecule has 1 unspecified atom stereocenters. The van der Waals surface area contributed by atoms with Crippen LogP contribution in [0.1, 0.15) is 6.92 Å². The Kier molecular flexibility index (Phi) is 11.6. The van der Waals surface area contributed by atoms with E-state index in [4.69, 9.17) is 10.2 Å². The summed E-state index contributed by atoms with van der Waals surface area (Å²) in [5.74, 6) is -2.03. The molecule has 0 saturated carbocycles. The number of carbonyl (C=O) groups is 2. The van der Waals surface area contributed by atoms with Gasteiger partial charge < -0.3 is 30.2 Å². The molecule has 0 aromatic carbocycles. The number of esters is 1. The van der Waals surface area contributed by atoms with Crippen LogP contribution >= 0.6 is 0 Å². The second-order valence-electron chi connectivity index (χ2n) is 3.02. The molecule has 0 radical (unpaired) electrons. The summed E-state index contributed by atoms with van der Waals surface area (Å²) >= 11 is 0. The molecular weight excluding hydrogens is 241 g/mol. The maximum atomic E-state index is 11.0. The Morgan fingerprint density at radius 3 is 2.59 bits per heavy atom. The molecule has 7 nitrogen and oxygen atoms in total. The molecule has 0 rings (SSSR count). The monoisotopic (exact) mass is 255 g/mol. The van der Waals surface area contributed by atoms with Gasteiger partial charge in [-0.25, -0.2) is 4.79 Å². The van der Waals surface area contributed by atoms with Gasteiger partial charge in [0.15, 0.2) is 0 Å². The van der Waals surface area contributed by atoms with E-state index in [0.29, 0.717) is 5.70 Å². The summed E-state index contributed by atoms with van der Waals surface area (Å²) in [6.07, 6.45) is -0.0821.